The normalized spacial score (nSPS) is 32.3. The minimum atomic E-state index is -3.61. The molecule has 0 bridgehead atoms. The van der Waals surface area contributed by atoms with Crippen LogP contribution in [0.3, 0.4) is 0 Å². The van der Waals surface area contributed by atoms with Gasteiger partial charge in [-0.05, 0) is 17.8 Å². The van der Waals surface area contributed by atoms with Gasteiger partial charge in [-0.2, -0.15) is 0 Å². The van der Waals surface area contributed by atoms with Gasteiger partial charge in [-0.1, -0.05) is 6.92 Å². The average molecular weight is 277 g/mol. The molecule has 17 heavy (non-hydrogen) atoms. The first-order chi connectivity index (χ1) is 8.02. The minimum absolute atomic E-state index is 0.258. The summed E-state index contributed by atoms with van der Waals surface area (Å²) in [6.45, 7) is -1.51. The molecule has 3 radical (unpaired) electrons. The van der Waals surface area contributed by atoms with Crippen molar-refractivity contribution in [2.75, 3.05) is 19.5 Å². The van der Waals surface area contributed by atoms with Gasteiger partial charge < -0.3 is 14.4 Å². The van der Waals surface area contributed by atoms with Crippen LogP contribution in [0.1, 0.15) is 13.3 Å². The van der Waals surface area contributed by atoms with Crippen LogP contribution in [0.25, 0.3) is 0 Å². The molecule has 0 aromatic carbocycles. The quantitative estimate of drug-likeness (QED) is 0.547. The summed E-state index contributed by atoms with van der Waals surface area (Å²) < 4.78 is 27.4. The summed E-state index contributed by atoms with van der Waals surface area (Å²) in [7, 11) is 8.35. The fourth-order valence-electron chi connectivity index (χ4n) is 1.66. The smallest absolute Gasteiger partial charge is 0.382 e. The topological polar surface area (TPSA) is 65.0 Å². The summed E-state index contributed by atoms with van der Waals surface area (Å²) in [5, 5.41) is 0. The van der Waals surface area contributed by atoms with Crippen LogP contribution in [0.4, 0.5) is 0 Å². The number of rotatable bonds is 7. The predicted molar refractivity (Wildman–Crippen MR) is 69.5 cm³/mol. The second-order valence-corrected chi connectivity index (χ2v) is 7.77. The Balaban J connectivity index is 2.57. The van der Waals surface area contributed by atoms with E-state index in [2.05, 4.69) is 0 Å². The lowest BCUT2D eigenvalue weighted by Gasteiger charge is -2.20. The van der Waals surface area contributed by atoms with Crippen molar-refractivity contribution in [2.24, 2.45) is 0 Å². The van der Waals surface area contributed by atoms with E-state index < -0.39 is 12.9 Å². The third-order valence-electron chi connectivity index (χ3n) is 2.34. The van der Waals surface area contributed by atoms with E-state index in [9.17, 15) is 9.46 Å². The first kappa shape index (κ1) is 15.6. The maximum absolute atomic E-state index is 11.7. The van der Waals surface area contributed by atoms with Crippen molar-refractivity contribution in [3.8, 4) is 0 Å². The molecule has 1 N–H and O–H groups in total. The molecular weight excluding hydrogens is 261 g/mol. The van der Waals surface area contributed by atoms with Gasteiger partial charge in [-0.15, -0.1) is 0 Å². The maximum Gasteiger partial charge on any atom is 0.386 e. The van der Waals surface area contributed by atoms with Gasteiger partial charge in [0.25, 0.3) is 0 Å². The molecule has 9 heteroatoms. The van der Waals surface area contributed by atoms with Gasteiger partial charge in [0.2, 0.25) is 0 Å². The standard InChI is InChI=1S/C8H16B2O5PS/c1-3-17-16(11,12)15-6-4-8(10-9)14-7(6)5-13-2/h6-8H,3-5H2,1-2H3,(H,11,12). The largest absolute Gasteiger partial charge is 0.386 e. The Labute approximate surface area is 108 Å². The van der Waals surface area contributed by atoms with Crippen LogP contribution < -0.4 is 0 Å². The zero-order valence-corrected chi connectivity index (χ0v) is 11.7. The van der Waals surface area contributed by atoms with Crippen molar-refractivity contribution in [3.05, 3.63) is 0 Å². The molecule has 0 saturated carbocycles. The molecule has 1 aliphatic rings. The van der Waals surface area contributed by atoms with Crippen LogP contribution in [0, 0.1) is 0 Å². The highest BCUT2D eigenvalue weighted by Gasteiger charge is 2.39. The predicted octanol–water partition coefficient (Wildman–Crippen LogP) is 0.774. The van der Waals surface area contributed by atoms with Crippen molar-refractivity contribution < 1.29 is 23.5 Å². The Morgan fingerprint density at radius 1 is 1.71 bits per heavy atom. The van der Waals surface area contributed by atoms with Gasteiger partial charge in [-0.25, -0.2) is 4.57 Å². The molecule has 1 aliphatic heterocycles. The van der Waals surface area contributed by atoms with Gasteiger partial charge in [0.05, 0.1) is 19.9 Å². The maximum atomic E-state index is 11.7. The summed E-state index contributed by atoms with van der Waals surface area (Å²) in [4.78, 5) is 9.58. The monoisotopic (exact) mass is 277 g/mol. The summed E-state index contributed by atoms with van der Waals surface area (Å²) in [5.74, 6) is 0.517. The van der Waals surface area contributed by atoms with E-state index in [0.29, 0.717) is 18.8 Å². The van der Waals surface area contributed by atoms with Gasteiger partial charge in [-0.3, -0.25) is 4.52 Å². The van der Waals surface area contributed by atoms with Crippen LogP contribution in [-0.2, 0) is 18.6 Å². The summed E-state index contributed by atoms with van der Waals surface area (Å²) in [6.07, 6.45) is -0.350. The molecule has 0 spiro atoms. The molecule has 5 nitrogen and oxygen atoms in total. The third kappa shape index (κ3) is 4.97. The Hall–Kier alpha value is 0.550. The molecule has 0 aliphatic carbocycles. The Morgan fingerprint density at radius 2 is 2.41 bits per heavy atom. The van der Waals surface area contributed by atoms with Crippen LogP contribution in [0.2, 0.25) is 0 Å². The molecule has 0 aromatic rings. The molecular formula is C8H16B2O5PS. The summed E-state index contributed by atoms with van der Waals surface area (Å²) in [5.41, 5.74) is 0. The zero-order valence-electron chi connectivity index (χ0n) is 9.94. The molecule has 1 fully saturated rings. The molecule has 0 aromatic heterocycles. The molecule has 1 rings (SSSR count). The number of methoxy groups -OCH3 is 1. The summed E-state index contributed by atoms with van der Waals surface area (Å²) >= 11 is 0.900. The number of hydrogen-bond donors (Lipinski definition) is 1. The Morgan fingerprint density at radius 3 is 2.94 bits per heavy atom. The fraction of sp³-hybridized carbons (Fsp3) is 1.00. The van der Waals surface area contributed by atoms with E-state index in [4.69, 9.17) is 21.7 Å². The molecule has 4 atom stereocenters. The number of hydrogen-bond acceptors (Lipinski definition) is 5. The first-order valence-corrected chi connectivity index (χ1v) is 8.54. The van der Waals surface area contributed by atoms with E-state index in [-0.39, 0.29) is 12.1 Å². The second kappa shape index (κ2) is 7.22. The lowest BCUT2D eigenvalue weighted by atomic mass is 9.51. The molecule has 1 heterocycles. The average Bonchev–Trinajstić information content (AvgIpc) is 2.60. The van der Waals surface area contributed by atoms with Crippen molar-refractivity contribution >= 4 is 33.1 Å². The van der Waals surface area contributed by atoms with Crippen molar-refractivity contribution in [2.45, 2.75) is 31.6 Å². The fourth-order valence-corrected chi connectivity index (χ4v) is 4.10. The molecule has 1 saturated heterocycles. The van der Waals surface area contributed by atoms with Crippen LogP contribution in [-0.4, -0.2) is 57.5 Å². The van der Waals surface area contributed by atoms with E-state index in [0.717, 1.165) is 11.4 Å². The Bertz CT molecular complexity index is 283. The van der Waals surface area contributed by atoms with Crippen molar-refractivity contribution in [1.82, 2.24) is 0 Å². The highest BCUT2D eigenvalue weighted by atomic mass is 32.7. The van der Waals surface area contributed by atoms with Crippen LogP contribution >= 0.6 is 18.2 Å². The van der Waals surface area contributed by atoms with Gasteiger partial charge in [0.1, 0.15) is 6.10 Å². The van der Waals surface area contributed by atoms with Gasteiger partial charge in [0, 0.05) is 26.6 Å². The van der Waals surface area contributed by atoms with E-state index in [1.165, 1.54) is 7.17 Å². The highest BCUT2D eigenvalue weighted by Crippen LogP contribution is 2.57. The minimum Gasteiger partial charge on any atom is -0.382 e. The van der Waals surface area contributed by atoms with E-state index in [1.807, 2.05) is 0 Å². The first-order valence-electron chi connectivity index (χ1n) is 5.37. The molecule has 95 valence electrons. The van der Waals surface area contributed by atoms with E-state index >= 15 is 0 Å². The van der Waals surface area contributed by atoms with Crippen molar-refractivity contribution in [3.63, 3.8) is 0 Å². The van der Waals surface area contributed by atoms with Gasteiger partial charge >= 0.3 is 6.80 Å². The lowest BCUT2D eigenvalue weighted by Crippen LogP contribution is -2.28. The zero-order chi connectivity index (χ0) is 12.9. The third-order valence-corrected chi connectivity index (χ3v) is 5.47. The van der Waals surface area contributed by atoms with Gasteiger partial charge in [0.15, 0.2) is 0 Å². The SMILES string of the molecule is [B][B]C1CC(OP(=O)(O)SCC)C(COC)O1. The molecule has 0 amide bonds. The summed E-state index contributed by atoms with van der Waals surface area (Å²) in [6, 6.07) is -0.258. The van der Waals surface area contributed by atoms with E-state index in [1.54, 1.807) is 14.0 Å². The second-order valence-electron chi connectivity index (χ2n) is 3.63. The number of ether oxygens (including phenoxy) is 2. The molecule has 4 unspecified atom stereocenters. The highest BCUT2D eigenvalue weighted by molar-refractivity contribution is 8.54. The van der Waals surface area contributed by atoms with Crippen LogP contribution in [0.15, 0.2) is 0 Å². The lowest BCUT2D eigenvalue weighted by molar-refractivity contribution is -0.0117. The Kier molecular flexibility index (Phi) is 6.62. The van der Waals surface area contributed by atoms with Crippen LogP contribution in [0.5, 0.6) is 0 Å². The van der Waals surface area contributed by atoms with Crippen molar-refractivity contribution in [1.29, 1.82) is 0 Å².